The summed E-state index contributed by atoms with van der Waals surface area (Å²) in [6, 6.07) is 23.8. The Labute approximate surface area is 270 Å². The van der Waals surface area contributed by atoms with E-state index in [1.54, 1.807) is 48.8 Å². The molecule has 4 heterocycles. The Bertz CT molecular complexity index is 2110. The van der Waals surface area contributed by atoms with E-state index in [4.69, 9.17) is 0 Å². The number of benzene rings is 2. The topological polar surface area (TPSA) is 158 Å². The van der Waals surface area contributed by atoms with E-state index >= 15 is 0 Å². The first-order valence-corrected chi connectivity index (χ1v) is 15.6. The van der Waals surface area contributed by atoms with Crippen molar-refractivity contribution in [3.63, 3.8) is 0 Å². The van der Waals surface area contributed by atoms with Gasteiger partial charge in [0.15, 0.2) is 11.4 Å². The van der Waals surface area contributed by atoms with Crippen molar-refractivity contribution in [3.8, 4) is 0 Å². The number of hydrogen-bond donors (Lipinski definition) is 2. The van der Waals surface area contributed by atoms with E-state index in [9.17, 15) is 22.6 Å². The number of nitrogens with one attached hydrogen (secondary N) is 2. The van der Waals surface area contributed by atoms with E-state index in [0.717, 1.165) is 28.2 Å². The van der Waals surface area contributed by atoms with E-state index < -0.39 is 10.1 Å². The molecule has 0 spiro atoms. The smallest absolute Gasteiger partial charge is 0.286 e. The largest absolute Gasteiger partial charge is 0.744 e. The van der Waals surface area contributed by atoms with Crippen molar-refractivity contribution in [3.05, 3.63) is 138 Å². The molecule has 0 unspecified atom stereocenters. The van der Waals surface area contributed by atoms with Gasteiger partial charge in [-0.1, -0.05) is 29.8 Å². The summed E-state index contributed by atoms with van der Waals surface area (Å²) in [7, 11) is -0.422. The van der Waals surface area contributed by atoms with E-state index in [1.807, 2.05) is 100 Å². The number of pyridine rings is 2. The lowest BCUT2D eigenvalue weighted by atomic mass is 10.1. The second kappa shape index (κ2) is 14.0. The molecule has 6 aromatic rings. The van der Waals surface area contributed by atoms with Crippen molar-refractivity contribution >= 4 is 45.7 Å². The Balaban J connectivity index is 0.000000335. The first kappa shape index (κ1) is 32.4. The van der Waals surface area contributed by atoms with Crippen LogP contribution in [0.4, 0.5) is 0 Å². The van der Waals surface area contributed by atoms with Gasteiger partial charge in [-0.15, -0.1) is 0 Å². The number of aromatic nitrogens is 4. The van der Waals surface area contributed by atoms with Gasteiger partial charge in [0.1, 0.15) is 22.5 Å². The van der Waals surface area contributed by atoms with Crippen LogP contribution in [0.3, 0.4) is 0 Å². The summed E-state index contributed by atoms with van der Waals surface area (Å²) in [6.45, 7) is 1.82. The van der Waals surface area contributed by atoms with E-state index in [2.05, 4.69) is 21.1 Å². The number of hydrazone groups is 2. The molecule has 238 valence electrons. The lowest BCUT2D eigenvalue weighted by Crippen LogP contribution is -2.20. The number of imidazole rings is 2. The van der Waals surface area contributed by atoms with Crippen molar-refractivity contribution in [2.24, 2.45) is 24.3 Å². The van der Waals surface area contributed by atoms with Gasteiger partial charge in [0.2, 0.25) is 0 Å². The lowest BCUT2D eigenvalue weighted by Gasteiger charge is -2.05. The summed E-state index contributed by atoms with van der Waals surface area (Å²) in [4.78, 5) is 24.7. The van der Waals surface area contributed by atoms with Crippen LogP contribution in [-0.2, 0) is 24.2 Å². The molecular formula is C33H31N8O5S+. The Hall–Kier alpha value is -5.99. The molecule has 0 aliphatic carbocycles. The van der Waals surface area contributed by atoms with Gasteiger partial charge in [0.05, 0.1) is 43.8 Å². The standard InChI is InChI=1S/C26H22N8O2.C7H8O3S/c1-31-21(17-33-13-5-3-7-23(31)33)15-27-29-25(35)19-9-11-20(12-10-19)26(36)30-28-16-22-18-34-14-6-4-8-24(34)32(22)2;1-6-2-4-7(5-3-6)11(8,9)10/h3-18H,1-2H3;2-5H,1H3,(H,8,9,10)/p+1. The van der Waals surface area contributed by atoms with Gasteiger partial charge in [-0.2, -0.15) is 10.2 Å². The van der Waals surface area contributed by atoms with Gasteiger partial charge >= 0.3 is 0 Å². The van der Waals surface area contributed by atoms with Gasteiger partial charge in [0.25, 0.3) is 23.1 Å². The summed E-state index contributed by atoms with van der Waals surface area (Å²) >= 11 is 0. The van der Waals surface area contributed by atoms with E-state index in [-0.39, 0.29) is 16.7 Å². The van der Waals surface area contributed by atoms with Crippen molar-refractivity contribution in [2.75, 3.05) is 0 Å². The molecule has 0 atom stereocenters. The van der Waals surface area contributed by atoms with Crippen LogP contribution in [0, 0.1) is 6.92 Å². The molecule has 2 amide bonds. The first-order valence-electron chi connectivity index (χ1n) is 14.2. The second-order valence-corrected chi connectivity index (χ2v) is 11.8. The predicted molar refractivity (Wildman–Crippen MR) is 173 cm³/mol. The highest BCUT2D eigenvalue weighted by atomic mass is 32.2. The number of hydrogen-bond acceptors (Lipinski definition) is 7. The molecule has 0 bridgehead atoms. The quantitative estimate of drug-likeness (QED) is 0.117. The van der Waals surface area contributed by atoms with Crippen molar-refractivity contribution in [1.82, 2.24) is 20.0 Å². The van der Waals surface area contributed by atoms with Gasteiger partial charge in [0, 0.05) is 23.3 Å². The van der Waals surface area contributed by atoms with E-state index in [0.29, 0.717) is 11.1 Å². The van der Waals surface area contributed by atoms with Crippen LogP contribution in [-0.4, -0.2) is 46.3 Å². The van der Waals surface area contributed by atoms with Crippen LogP contribution in [0.15, 0.2) is 125 Å². The zero-order valence-electron chi connectivity index (χ0n) is 25.7. The molecule has 0 radical (unpaired) electrons. The number of fused-ring (bicyclic) bond motifs is 2. The number of aryl methyl sites for hydroxylation is 3. The molecule has 4 aromatic heterocycles. The lowest BCUT2D eigenvalue weighted by molar-refractivity contribution is -0.510. The molecule has 47 heavy (non-hydrogen) atoms. The van der Waals surface area contributed by atoms with Crippen LogP contribution in [0.5, 0.6) is 0 Å². The van der Waals surface area contributed by atoms with Crippen molar-refractivity contribution < 1.29 is 31.4 Å². The highest BCUT2D eigenvalue weighted by Crippen LogP contribution is 2.09. The summed E-state index contributed by atoms with van der Waals surface area (Å²) in [6.07, 6.45) is 10.9. The molecule has 0 saturated carbocycles. The van der Waals surface area contributed by atoms with Gasteiger partial charge in [-0.05, 0) is 55.5 Å². The normalized spacial score (nSPS) is 11.6. The highest BCUT2D eigenvalue weighted by Gasteiger charge is 2.13. The minimum atomic E-state index is -4.27. The highest BCUT2D eigenvalue weighted by molar-refractivity contribution is 7.85. The summed E-state index contributed by atoms with van der Waals surface area (Å²) in [5.74, 6) is -0.758. The molecular weight excluding hydrogens is 620 g/mol. The van der Waals surface area contributed by atoms with Gasteiger partial charge in [-0.3, -0.25) is 9.59 Å². The molecule has 0 aliphatic rings. The molecule has 13 nitrogen and oxygen atoms in total. The molecule has 0 fully saturated rings. The van der Waals surface area contributed by atoms with Crippen LogP contribution in [0.1, 0.15) is 37.7 Å². The Morgan fingerprint density at radius 2 is 1.13 bits per heavy atom. The molecule has 2 aromatic carbocycles. The fraction of sp³-hybridized carbons (Fsp3) is 0.0909. The van der Waals surface area contributed by atoms with Crippen LogP contribution in [0.25, 0.3) is 11.3 Å². The van der Waals surface area contributed by atoms with Gasteiger partial charge in [-0.25, -0.2) is 37.2 Å². The Morgan fingerprint density at radius 1 is 0.702 bits per heavy atom. The summed E-state index contributed by atoms with van der Waals surface area (Å²) in [5, 5.41) is 8.13. The summed E-state index contributed by atoms with van der Waals surface area (Å²) in [5.41, 5.74) is 10.4. The molecule has 14 heteroatoms. The third-order valence-electron chi connectivity index (χ3n) is 7.18. The number of amides is 2. The average Bonchev–Trinajstić information content (AvgIpc) is 3.56. The Morgan fingerprint density at radius 3 is 1.51 bits per heavy atom. The SMILES string of the molecule is Cc1ccc(S(=O)(=O)[O-])cc1.Cn1c(C=NNC(=O)c2ccc(C(=O)NN=Cc3c[n+]4ccccc4n3C)cc2)c[n+]2ccccc12. The number of nitrogens with zero attached hydrogens (tertiary/aromatic N) is 6. The fourth-order valence-electron chi connectivity index (χ4n) is 4.57. The zero-order chi connectivity index (χ0) is 33.6. The predicted octanol–water partition coefficient (Wildman–Crippen LogP) is 2.27. The minimum absolute atomic E-state index is 0.178. The number of carbonyl (C=O) groups is 2. The molecule has 6 rings (SSSR count). The number of carbonyl (C=O) groups excluding carboxylic acids is 2. The maximum absolute atomic E-state index is 12.4. The van der Waals surface area contributed by atoms with Crippen LogP contribution < -0.4 is 19.7 Å². The van der Waals surface area contributed by atoms with Crippen LogP contribution in [0.2, 0.25) is 0 Å². The zero-order valence-corrected chi connectivity index (χ0v) is 26.5. The van der Waals surface area contributed by atoms with Crippen LogP contribution >= 0.6 is 0 Å². The second-order valence-electron chi connectivity index (χ2n) is 10.4. The molecule has 2 N–H and O–H groups in total. The third-order valence-corrected chi connectivity index (χ3v) is 8.03. The maximum Gasteiger partial charge on any atom is 0.286 e. The monoisotopic (exact) mass is 651 g/mol. The number of rotatable bonds is 7. The van der Waals surface area contributed by atoms with Crippen molar-refractivity contribution in [2.45, 2.75) is 11.8 Å². The summed E-state index contributed by atoms with van der Waals surface area (Å²) < 4.78 is 39.0. The molecule has 0 saturated heterocycles. The minimum Gasteiger partial charge on any atom is -0.744 e. The third kappa shape index (κ3) is 7.81. The fourth-order valence-corrected chi connectivity index (χ4v) is 5.03. The molecule has 0 aliphatic heterocycles. The van der Waals surface area contributed by atoms with Gasteiger partial charge < -0.3 is 4.55 Å². The first-order chi connectivity index (χ1) is 22.5. The Kier molecular flexibility index (Phi) is 9.63. The van der Waals surface area contributed by atoms with Crippen molar-refractivity contribution in [1.29, 1.82) is 0 Å². The maximum atomic E-state index is 12.4. The average molecular weight is 652 g/mol. The van der Waals surface area contributed by atoms with E-state index in [1.165, 1.54) is 12.1 Å².